The quantitative estimate of drug-likeness (QED) is 0.663. The number of nitrogens with one attached hydrogen (secondary N) is 1. The molecular formula is C5H7Cl2NO. The number of amides is 1. The van der Waals surface area contributed by atoms with Crippen LogP contribution in [0.2, 0.25) is 0 Å². The highest BCUT2D eigenvalue weighted by Crippen LogP contribution is 1.99. The van der Waals surface area contributed by atoms with Crippen LogP contribution in [-0.4, -0.2) is 12.5 Å². The molecule has 0 fully saturated rings. The number of hydrogen-bond donors (Lipinski definition) is 1. The molecule has 9 heavy (non-hydrogen) atoms. The molecule has 0 saturated heterocycles. The van der Waals surface area contributed by atoms with Crippen LogP contribution in [0.25, 0.3) is 0 Å². The molecule has 0 aromatic heterocycles. The highest BCUT2D eigenvalue weighted by atomic mass is 35.5. The highest BCUT2D eigenvalue weighted by molar-refractivity contribution is 6.36. The third-order valence-corrected chi connectivity index (χ3v) is 1.24. The number of rotatable bonds is 2. The van der Waals surface area contributed by atoms with Crippen LogP contribution < -0.4 is 5.32 Å². The second kappa shape index (κ2) is 4.65. The van der Waals surface area contributed by atoms with Crippen LogP contribution >= 0.6 is 23.2 Å². The average Bonchev–Trinajstić information content (AvgIpc) is 1.83. The van der Waals surface area contributed by atoms with Gasteiger partial charge in [0.2, 0.25) is 5.91 Å². The van der Waals surface area contributed by atoms with Crippen molar-refractivity contribution in [3.05, 3.63) is 10.6 Å². The molecule has 0 aliphatic rings. The van der Waals surface area contributed by atoms with E-state index >= 15 is 0 Å². The van der Waals surface area contributed by atoms with E-state index in [1.807, 2.05) is 0 Å². The van der Waals surface area contributed by atoms with Gasteiger partial charge in [0.1, 0.15) is 0 Å². The lowest BCUT2D eigenvalue weighted by atomic mass is 10.6. The molecule has 0 aliphatic heterocycles. The minimum absolute atomic E-state index is 0.119. The van der Waals surface area contributed by atoms with Crippen LogP contribution in [0.5, 0.6) is 0 Å². The first-order valence-corrected chi connectivity index (χ1v) is 3.17. The Balaban J connectivity index is 3.39. The van der Waals surface area contributed by atoms with Crippen molar-refractivity contribution in [1.29, 1.82) is 0 Å². The molecular weight excluding hydrogens is 161 g/mol. The Hall–Kier alpha value is -0.210. The van der Waals surface area contributed by atoms with Gasteiger partial charge >= 0.3 is 0 Å². The monoisotopic (exact) mass is 167 g/mol. The number of carbonyl (C=O) groups is 1. The van der Waals surface area contributed by atoms with Crippen LogP contribution in [0.3, 0.4) is 0 Å². The van der Waals surface area contributed by atoms with E-state index < -0.39 is 0 Å². The fraction of sp³-hybridized carbons (Fsp3) is 0.400. The van der Waals surface area contributed by atoms with Gasteiger partial charge in [-0.2, -0.15) is 0 Å². The fourth-order valence-corrected chi connectivity index (χ4v) is 0.391. The average molecular weight is 168 g/mol. The second-order valence-corrected chi connectivity index (χ2v) is 2.17. The van der Waals surface area contributed by atoms with E-state index in [1.165, 1.54) is 12.5 Å². The van der Waals surface area contributed by atoms with Crippen molar-refractivity contribution in [2.24, 2.45) is 0 Å². The van der Waals surface area contributed by atoms with E-state index in [0.717, 1.165) is 0 Å². The maximum Gasteiger partial charge on any atom is 0.217 e. The van der Waals surface area contributed by atoms with Gasteiger partial charge in [-0.15, -0.1) is 0 Å². The number of hydrogen-bond acceptors (Lipinski definition) is 1. The first kappa shape index (κ1) is 8.79. The molecule has 0 rings (SSSR count). The van der Waals surface area contributed by atoms with Gasteiger partial charge < -0.3 is 5.32 Å². The minimum Gasteiger partial charge on any atom is -0.351 e. The summed E-state index contributed by atoms with van der Waals surface area (Å²) in [6.45, 7) is 1.72. The SMILES string of the molecule is CC(=O)NCC(Cl)=CCl. The molecule has 2 nitrogen and oxygen atoms in total. The molecule has 52 valence electrons. The Labute approximate surface area is 63.8 Å². The summed E-state index contributed by atoms with van der Waals surface area (Å²) in [5.74, 6) is -0.119. The van der Waals surface area contributed by atoms with Gasteiger partial charge in [-0.1, -0.05) is 23.2 Å². The van der Waals surface area contributed by atoms with Crippen molar-refractivity contribution < 1.29 is 4.79 Å². The Bertz CT molecular complexity index is 133. The molecule has 0 aliphatic carbocycles. The van der Waals surface area contributed by atoms with E-state index in [1.54, 1.807) is 0 Å². The molecule has 0 spiro atoms. The van der Waals surface area contributed by atoms with Crippen LogP contribution in [0.4, 0.5) is 0 Å². The lowest BCUT2D eigenvalue weighted by Gasteiger charge is -1.96. The summed E-state index contributed by atoms with van der Waals surface area (Å²) in [5.41, 5.74) is 1.22. The third-order valence-electron chi connectivity index (χ3n) is 0.625. The summed E-state index contributed by atoms with van der Waals surface area (Å²) in [6, 6.07) is 0. The fourth-order valence-electron chi connectivity index (χ4n) is 0.247. The Morgan fingerprint density at radius 3 is 2.67 bits per heavy atom. The molecule has 1 amide bonds. The van der Waals surface area contributed by atoms with Gasteiger partial charge in [-0.25, -0.2) is 0 Å². The lowest BCUT2D eigenvalue weighted by Crippen LogP contribution is -2.20. The van der Waals surface area contributed by atoms with Crippen molar-refractivity contribution in [1.82, 2.24) is 5.32 Å². The van der Waals surface area contributed by atoms with Crippen molar-refractivity contribution in [2.75, 3.05) is 6.54 Å². The molecule has 0 aromatic rings. The van der Waals surface area contributed by atoms with E-state index in [2.05, 4.69) is 5.32 Å². The normalized spacial score (nSPS) is 11.2. The van der Waals surface area contributed by atoms with E-state index in [-0.39, 0.29) is 5.91 Å². The van der Waals surface area contributed by atoms with E-state index in [9.17, 15) is 4.79 Å². The summed E-state index contributed by atoms with van der Waals surface area (Å²) in [4.78, 5) is 10.2. The van der Waals surface area contributed by atoms with Gasteiger partial charge in [0, 0.05) is 17.5 Å². The van der Waals surface area contributed by atoms with Crippen molar-refractivity contribution in [2.45, 2.75) is 6.92 Å². The maximum absolute atomic E-state index is 10.2. The zero-order chi connectivity index (χ0) is 7.28. The highest BCUT2D eigenvalue weighted by Gasteiger charge is 1.91. The Kier molecular flexibility index (Phi) is 4.54. The second-order valence-electron chi connectivity index (χ2n) is 1.47. The van der Waals surface area contributed by atoms with Gasteiger partial charge in [0.25, 0.3) is 0 Å². The lowest BCUT2D eigenvalue weighted by molar-refractivity contribution is -0.118. The standard InChI is InChI=1S/C5H7Cl2NO/c1-4(9)8-3-5(7)2-6/h2H,3H2,1H3,(H,8,9). The minimum atomic E-state index is -0.119. The molecule has 0 radical (unpaired) electrons. The van der Waals surface area contributed by atoms with E-state index in [4.69, 9.17) is 23.2 Å². The molecule has 1 N–H and O–H groups in total. The largest absolute Gasteiger partial charge is 0.351 e. The first-order chi connectivity index (χ1) is 4.16. The maximum atomic E-state index is 10.2. The van der Waals surface area contributed by atoms with Crippen LogP contribution in [0.1, 0.15) is 6.92 Å². The zero-order valence-electron chi connectivity index (χ0n) is 4.95. The predicted octanol–water partition coefficient (Wildman–Crippen LogP) is 1.44. The third kappa shape index (κ3) is 5.66. The zero-order valence-corrected chi connectivity index (χ0v) is 6.46. The Morgan fingerprint density at radius 2 is 2.33 bits per heavy atom. The van der Waals surface area contributed by atoms with Crippen molar-refractivity contribution in [3.8, 4) is 0 Å². The van der Waals surface area contributed by atoms with E-state index in [0.29, 0.717) is 11.6 Å². The van der Waals surface area contributed by atoms with Gasteiger partial charge in [0.15, 0.2) is 0 Å². The summed E-state index contributed by atoms with van der Waals surface area (Å²) in [5, 5.41) is 2.90. The van der Waals surface area contributed by atoms with Crippen LogP contribution in [0, 0.1) is 0 Å². The van der Waals surface area contributed by atoms with Crippen LogP contribution in [0.15, 0.2) is 10.6 Å². The van der Waals surface area contributed by atoms with Crippen molar-refractivity contribution >= 4 is 29.1 Å². The van der Waals surface area contributed by atoms with Crippen molar-refractivity contribution in [3.63, 3.8) is 0 Å². The molecule has 0 atom stereocenters. The molecule has 4 heteroatoms. The van der Waals surface area contributed by atoms with Gasteiger partial charge in [0.05, 0.1) is 6.54 Å². The number of halogens is 2. The van der Waals surface area contributed by atoms with Gasteiger partial charge in [-0.3, -0.25) is 4.79 Å². The molecule has 0 bridgehead atoms. The molecule has 0 saturated carbocycles. The van der Waals surface area contributed by atoms with Gasteiger partial charge in [-0.05, 0) is 0 Å². The number of carbonyl (C=O) groups excluding carboxylic acids is 1. The van der Waals surface area contributed by atoms with Crippen LogP contribution in [-0.2, 0) is 4.79 Å². The molecule has 0 aromatic carbocycles. The summed E-state index contributed by atoms with van der Waals surface area (Å²) < 4.78 is 0. The smallest absolute Gasteiger partial charge is 0.217 e. The molecule has 0 heterocycles. The first-order valence-electron chi connectivity index (χ1n) is 2.36. The summed E-state index contributed by atoms with van der Waals surface area (Å²) in [6.07, 6.45) is 0. The molecule has 0 unspecified atom stereocenters. The Morgan fingerprint density at radius 1 is 1.78 bits per heavy atom. The summed E-state index contributed by atoms with van der Waals surface area (Å²) in [7, 11) is 0. The summed E-state index contributed by atoms with van der Waals surface area (Å²) >= 11 is 10.6. The topological polar surface area (TPSA) is 29.1 Å². The predicted molar refractivity (Wildman–Crippen MR) is 38.5 cm³/mol.